The predicted molar refractivity (Wildman–Crippen MR) is 149 cm³/mol. The summed E-state index contributed by atoms with van der Waals surface area (Å²) in [5.41, 5.74) is -1.55. The van der Waals surface area contributed by atoms with Gasteiger partial charge in [0.1, 0.15) is 5.75 Å². The fourth-order valence-corrected chi connectivity index (χ4v) is 7.72. The molecule has 216 valence electrons. The van der Waals surface area contributed by atoms with Crippen LogP contribution >= 0.6 is 0 Å². The second kappa shape index (κ2) is 11.7. The maximum Gasteiger partial charge on any atom is 0.243 e. The van der Waals surface area contributed by atoms with Crippen LogP contribution in [0.5, 0.6) is 5.75 Å². The molecule has 3 heterocycles. The standard InChI is InChI=1S/C28H34FN3O6S2/c1-21(29)39(33,34)25-7-2-6-24(18-25)37-16-4-13-30-23-19-28(38-20-23)10-14-32(15-11-28)40(35,36)26-8-9-27-22(17-26)5-3-12-31-27/h2-3,5-9,12,17-18,21,23,30H,4,10-11,13-16,19-20H2,1H3/t21?,23-/m1/s1. The number of fused-ring (bicyclic) bond motifs is 1. The number of rotatable bonds is 10. The van der Waals surface area contributed by atoms with E-state index in [2.05, 4.69) is 10.3 Å². The van der Waals surface area contributed by atoms with Gasteiger partial charge in [0.05, 0.1) is 34.1 Å². The highest BCUT2D eigenvalue weighted by atomic mass is 32.2. The zero-order valence-electron chi connectivity index (χ0n) is 22.3. The smallest absolute Gasteiger partial charge is 0.243 e. The summed E-state index contributed by atoms with van der Waals surface area (Å²) in [4.78, 5) is 4.45. The van der Waals surface area contributed by atoms with E-state index in [1.165, 1.54) is 18.2 Å². The van der Waals surface area contributed by atoms with Gasteiger partial charge in [0.25, 0.3) is 0 Å². The number of ether oxygens (including phenoxy) is 2. The van der Waals surface area contributed by atoms with Gasteiger partial charge in [0, 0.05) is 30.7 Å². The van der Waals surface area contributed by atoms with Crippen LogP contribution in [0.15, 0.2) is 70.6 Å². The Kier molecular flexibility index (Phi) is 8.44. The van der Waals surface area contributed by atoms with Crippen LogP contribution in [-0.4, -0.2) is 76.1 Å². The van der Waals surface area contributed by atoms with Gasteiger partial charge in [-0.25, -0.2) is 21.2 Å². The van der Waals surface area contributed by atoms with Crippen LogP contribution in [0.3, 0.4) is 0 Å². The van der Waals surface area contributed by atoms with Crippen molar-refractivity contribution in [3.8, 4) is 5.75 Å². The Labute approximate surface area is 234 Å². The molecule has 2 aliphatic heterocycles. The number of sulfone groups is 1. The van der Waals surface area contributed by atoms with Crippen molar-refractivity contribution in [1.82, 2.24) is 14.6 Å². The van der Waals surface area contributed by atoms with E-state index in [-0.39, 0.29) is 21.4 Å². The number of hydrogen-bond donors (Lipinski definition) is 1. The number of alkyl halides is 1. The van der Waals surface area contributed by atoms with Crippen LogP contribution < -0.4 is 10.1 Å². The zero-order chi connectivity index (χ0) is 28.4. The summed E-state index contributed by atoms with van der Waals surface area (Å²) < 4.78 is 77.5. The first kappa shape index (κ1) is 28.9. The van der Waals surface area contributed by atoms with E-state index in [1.807, 2.05) is 6.07 Å². The van der Waals surface area contributed by atoms with Crippen LogP contribution in [0, 0.1) is 0 Å². The number of sulfonamides is 1. The fourth-order valence-electron chi connectivity index (χ4n) is 5.32. The maximum absolute atomic E-state index is 13.4. The van der Waals surface area contributed by atoms with E-state index < -0.39 is 25.4 Å². The van der Waals surface area contributed by atoms with Crippen LogP contribution in [-0.2, 0) is 24.6 Å². The van der Waals surface area contributed by atoms with E-state index in [0.29, 0.717) is 57.9 Å². The molecule has 0 bridgehead atoms. The van der Waals surface area contributed by atoms with Gasteiger partial charge < -0.3 is 14.8 Å². The number of benzene rings is 2. The van der Waals surface area contributed by atoms with E-state index >= 15 is 0 Å². The third-order valence-electron chi connectivity index (χ3n) is 7.64. The molecule has 1 aromatic heterocycles. The number of nitrogens with one attached hydrogen (secondary N) is 1. The van der Waals surface area contributed by atoms with E-state index in [0.717, 1.165) is 24.2 Å². The Morgan fingerprint density at radius 2 is 1.90 bits per heavy atom. The van der Waals surface area contributed by atoms with Crippen molar-refractivity contribution in [3.05, 3.63) is 60.8 Å². The van der Waals surface area contributed by atoms with Gasteiger partial charge in [-0.05, 0) is 81.6 Å². The van der Waals surface area contributed by atoms with Gasteiger partial charge in [-0.3, -0.25) is 4.98 Å². The summed E-state index contributed by atoms with van der Waals surface area (Å²) in [5, 5.41) is 4.28. The minimum Gasteiger partial charge on any atom is -0.494 e. The largest absolute Gasteiger partial charge is 0.494 e. The third-order valence-corrected chi connectivity index (χ3v) is 11.3. The van der Waals surface area contributed by atoms with Gasteiger partial charge in [-0.2, -0.15) is 4.31 Å². The monoisotopic (exact) mass is 591 g/mol. The molecule has 0 aliphatic carbocycles. The molecule has 1 spiro atoms. The summed E-state index contributed by atoms with van der Waals surface area (Å²) in [6.45, 7) is 3.43. The number of pyridine rings is 1. The molecule has 0 radical (unpaired) electrons. The second-order valence-corrected chi connectivity index (χ2v) is 14.5. The minimum atomic E-state index is -4.01. The molecule has 2 fully saturated rings. The molecule has 0 amide bonds. The lowest BCUT2D eigenvalue weighted by Crippen LogP contribution is -2.46. The first-order valence-electron chi connectivity index (χ1n) is 13.4. The topological polar surface area (TPSA) is 115 Å². The molecule has 5 rings (SSSR count). The average Bonchev–Trinajstić information content (AvgIpc) is 3.34. The highest BCUT2D eigenvalue weighted by molar-refractivity contribution is 7.91. The zero-order valence-corrected chi connectivity index (χ0v) is 24.0. The first-order valence-corrected chi connectivity index (χ1v) is 16.4. The third kappa shape index (κ3) is 6.15. The molecule has 40 heavy (non-hydrogen) atoms. The van der Waals surface area contributed by atoms with Crippen molar-refractivity contribution in [1.29, 1.82) is 0 Å². The lowest BCUT2D eigenvalue weighted by atomic mass is 9.88. The number of halogens is 1. The minimum absolute atomic E-state index is 0.0973. The molecule has 12 heteroatoms. The van der Waals surface area contributed by atoms with Crippen molar-refractivity contribution in [2.75, 3.05) is 32.8 Å². The van der Waals surface area contributed by atoms with Gasteiger partial charge in [0.2, 0.25) is 25.4 Å². The molecule has 1 unspecified atom stereocenters. The highest BCUT2D eigenvalue weighted by Gasteiger charge is 2.44. The van der Waals surface area contributed by atoms with Crippen LogP contribution in [0.2, 0.25) is 0 Å². The van der Waals surface area contributed by atoms with Crippen LogP contribution in [0.4, 0.5) is 4.39 Å². The Bertz CT molecular complexity index is 1560. The SMILES string of the molecule is CC(F)S(=O)(=O)c1cccc(OCCCN[C@H]2COC3(CCN(S(=O)(=O)c4ccc5ncccc5c4)CC3)C2)c1. The molecular formula is C28H34FN3O6S2. The normalized spacial score (nSPS) is 20.6. The summed E-state index contributed by atoms with van der Waals surface area (Å²) in [6.07, 6.45) is 4.46. The molecule has 1 N–H and O–H groups in total. The molecule has 2 saturated heterocycles. The summed E-state index contributed by atoms with van der Waals surface area (Å²) >= 11 is 0. The molecule has 0 saturated carbocycles. The molecule has 2 aromatic carbocycles. The highest BCUT2D eigenvalue weighted by Crippen LogP contribution is 2.37. The van der Waals surface area contributed by atoms with E-state index in [4.69, 9.17) is 9.47 Å². The molecule has 9 nitrogen and oxygen atoms in total. The molecular weight excluding hydrogens is 557 g/mol. The Balaban J connectivity index is 1.07. The van der Waals surface area contributed by atoms with Crippen molar-refractivity contribution in [2.24, 2.45) is 0 Å². The number of nitrogens with zero attached hydrogens (tertiary/aromatic N) is 2. The van der Waals surface area contributed by atoms with Gasteiger partial charge in [0.15, 0.2) is 0 Å². The second-order valence-electron chi connectivity index (χ2n) is 10.4. The Morgan fingerprint density at radius 3 is 2.67 bits per heavy atom. The number of piperidine rings is 1. The number of hydrogen-bond acceptors (Lipinski definition) is 8. The average molecular weight is 592 g/mol. The predicted octanol–water partition coefficient (Wildman–Crippen LogP) is 3.69. The van der Waals surface area contributed by atoms with Crippen molar-refractivity contribution in [2.45, 2.75) is 59.5 Å². The Hall–Kier alpha value is -2.64. The fraction of sp³-hybridized carbons (Fsp3) is 0.464. The van der Waals surface area contributed by atoms with Gasteiger partial charge in [-0.15, -0.1) is 0 Å². The van der Waals surface area contributed by atoms with Gasteiger partial charge in [-0.1, -0.05) is 12.1 Å². The molecule has 2 aliphatic rings. The first-order chi connectivity index (χ1) is 19.1. The number of aromatic nitrogens is 1. The molecule has 2 atom stereocenters. The molecule has 3 aromatic rings. The lowest BCUT2D eigenvalue weighted by Gasteiger charge is -2.38. The summed E-state index contributed by atoms with van der Waals surface area (Å²) in [7, 11) is -7.61. The lowest BCUT2D eigenvalue weighted by molar-refractivity contribution is -0.0311. The van der Waals surface area contributed by atoms with Gasteiger partial charge >= 0.3 is 0 Å². The van der Waals surface area contributed by atoms with Crippen LogP contribution in [0.1, 0.15) is 32.6 Å². The van der Waals surface area contributed by atoms with Crippen molar-refractivity contribution >= 4 is 30.8 Å². The summed E-state index contributed by atoms with van der Waals surface area (Å²) in [6, 6.07) is 14.7. The van der Waals surface area contributed by atoms with Crippen molar-refractivity contribution in [3.63, 3.8) is 0 Å². The van der Waals surface area contributed by atoms with E-state index in [9.17, 15) is 21.2 Å². The van der Waals surface area contributed by atoms with Crippen molar-refractivity contribution < 1.29 is 30.7 Å². The van der Waals surface area contributed by atoms with Crippen LogP contribution in [0.25, 0.3) is 10.9 Å². The quantitative estimate of drug-likeness (QED) is 0.355. The maximum atomic E-state index is 13.4. The van der Waals surface area contributed by atoms with E-state index in [1.54, 1.807) is 40.8 Å². The Morgan fingerprint density at radius 1 is 1.10 bits per heavy atom. The summed E-state index contributed by atoms with van der Waals surface area (Å²) in [5.74, 6) is 0.381.